The number of carbonyl (C=O) groups is 1. The van der Waals surface area contributed by atoms with Crippen LogP contribution >= 0.6 is 11.6 Å². The number of esters is 1. The molecule has 0 bridgehead atoms. The second kappa shape index (κ2) is 9.66. The van der Waals surface area contributed by atoms with Gasteiger partial charge < -0.3 is 10.1 Å². The fourth-order valence-corrected chi connectivity index (χ4v) is 3.41. The van der Waals surface area contributed by atoms with Crippen molar-refractivity contribution in [3.8, 4) is 0 Å². The number of aromatic nitrogens is 1. The maximum absolute atomic E-state index is 13.3. The van der Waals surface area contributed by atoms with Gasteiger partial charge in [-0.2, -0.15) is 0 Å². The topological polar surface area (TPSA) is 54.5 Å². The number of nitrogens with one attached hydrogen (secondary N) is 1. The van der Waals surface area contributed by atoms with Crippen molar-refractivity contribution >= 4 is 29.5 Å². The first-order valence-electron chi connectivity index (χ1n) is 9.27. The standard InChI is InChI=1S/C21H23ClFN3O2/c1-2-28-20(27)7-6-15-11-19(22)21(24-12-15)25-18-8-9-26(14-18)13-16-4-3-5-17(23)10-16/h3-7,10-12,18H,2,8-9,13-14H2,1H3,(H,24,25)/b7-6+/t18-/m1/s1. The summed E-state index contributed by atoms with van der Waals surface area (Å²) in [7, 11) is 0. The van der Waals surface area contributed by atoms with E-state index in [-0.39, 0.29) is 11.9 Å². The number of halogens is 2. The molecule has 0 radical (unpaired) electrons. The van der Waals surface area contributed by atoms with Crippen molar-refractivity contribution in [2.45, 2.75) is 25.9 Å². The van der Waals surface area contributed by atoms with Gasteiger partial charge in [-0.15, -0.1) is 0 Å². The SMILES string of the molecule is CCOC(=O)/C=C/c1cnc(N[C@@H]2CCN(Cc3cccc(F)c3)C2)c(Cl)c1. The Kier molecular flexibility index (Phi) is 7.01. The number of anilines is 1. The Hall–Kier alpha value is -2.44. The van der Waals surface area contributed by atoms with Gasteiger partial charge in [0.2, 0.25) is 0 Å². The summed E-state index contributed by atoms with van der Waals surface area (Å²) in [5, 5.41) is 3.87. The predicted octanol–water partition coefficient (Wildman–Crippen LogP) is 4.14. The minimum atomic E-state index is -0.398. The summed E-state index contributed by atoms with van der Waals surface area (Å²) in [6.07, 6.45) is 5.59. The molecule has 148 valence electrons. The molecule has 3 rings (SSSR count). The Balaban J connectivity index is 1.55. The lowest BCUT2D eigenvalue weighted by atomic mass is 10.2. The number of likely N-dealkylation sites (tertiary alicyclic amines) is 1. The van der Waals surface area contributed by atoms with E-state index in [4.69, 9.17) is 16.3 Å². The summed E-state index contributed by atoms with van der Waals surface area (Å²) in [6, 6.07) is 8.67. The van der Waals surface area contributed by atoms with Crippen molar-refractivity contribution in [3.63, 3.8) is 0 Å². The maximum atomic E-state index is 13.3. The summed E-state index contributed by atoms with van der Waals surface area (Å²) in [6.45, 7) is 4.56. The van der Waals surface area contributed by atoms with E-state index in [1.54, 1.807) is 37.4 Å². The third-order valence-corrected chi connectivity index (χ3v) is 4.76. The molecular formula is C21H23ClFN3O2. The monoisotopic (exact) mass is 403 g/mol. The summed E-state index contributed by atoms with van der Waals surface area (Å²) in [5.74, 6) is 0.0113. The van der Waals surface area contributed by atoms with Crippen molar-refractivity contribution < 1.29 is 13.9 Å². The molecule has 7 heteroatoms. The first-order valence-corrected chi connectivity index (χ1v) is 9.65. The molecule has 1 aromatic carbocycles. The molecule has 1 aromatic heterocycles. The Morgan fingerprint density at radius 1 is 1.46 bits per heavy atom. The Bertz CT molecular complexity index is 859. The number of hydrogen-bond acceptors (Lipinski definition) is 5. The number of benzene rings is 1. The third kappa shape index (κ3) is 5.78. The van der Waals surface area contributed by atoms with E-state index >= 15 is 0 Å². The highest BCUT2D eigenvalue weighted by Crippen LogP contribution is 2.24. The second-order valence-electron chi connectivity index (χ2n) is 6.68. The molecular weight excluding hydrogens is 381 g/mol. The highest BCUT2D eigenvalue weighted by Gasteiger charge is 2.23. The van der Waals surface area contributed by atoms with Gasteiger partial charge in [0.1, 0.15) is 11.6 Å². The summed E-state index contributed by atoms with van der Waals surface area (Å²) >= 11 is 6.34. The van der Waals surface area contributed by atoms with Crippen LogP contribution in [0.5, 0.6) is 0 Å². The average Bonchev–Trinajstić information content (AvgIpc) is 3.09. The van der Waals surface area contributed by atoms with E-state index in [9.17, 15) is 9.18 Å². The molecule has 0 amide bonds. The lowest BCUT2D eigenvalue weighted by Crippen LogP contribution is -2.26. The van der Waals surface area contributed by atoms with Crippen molar-refractivity contribution in [1.29, 1.82) is 0 Å². The van der Waals surface area contributed by atoms with E-state index in [0.717, 1.165) is 30.6 Å². The van der Waals surface area contributed by atoms with Crippen molar-refractivity contribution in [2.24, 2.45) is 0 Å². The van der Waals surface area contributed by atoms with Crippen molar-refractivity contribution in [3.05, 3.63) is 64.6 Å². The number of hydrogen-bond donors (Lipinski definition) is 1. The number of rotatable bonds is 7. The first kappa shape index (κ1) is 20.3. The number of carbonyl (C=O) groups excluding carboxylic acids is 1. The Labute approximate surface area is 169 Å². The third-order valence-electron chi connectivity index (χ3n) is 4.47. The van der Waals surface area contributed by atoms with Gasteiger partial charge in [0.25, 0.3) is 0 Å². The molecule has 1 aliphatic rings. The van der Waals surface area contributed by atoms with E-state index in [1.807, 2.05) is 6.07 Å². The molecule has 0 unspecified atom stereocenters. The zero-order valence-corrected chi connectivity index (χ0v) is 16.5. The molecule has 1 fully saturated rings. The molecule has 1 aliphatic heterocycles. The van der Waals surface area contributed by atoms with Crippen LogP contribution in [0.15, 0.2) is 42.6 Å². The molecule has 1 saturated heterocycles. The quantitative estimate of drug-likeness (QED) is 0.556. The van der Waals surface area contributed by atoms with Crippen LogP contribution in [0.1, 0.15) is 24.5 Å². The fraction of sp³-hybridized carbons (Fsp3) is 0.333. The molecule has 0 aliphatic carbocycles. The van der Waals surface area contributed by atoms with E-state index in [1.165, 1.54) is 12.1 Å². The summed E-state index contributed by atoms with van der Waals surface area (Å²) in [4.78, 5) is 18.0. The number of pyridine rings is 1. The van der Waals surface area contributed by atoms with Crippen LogP contribution in [0, 0.1) is 5.82 Å². The molecule has 28 heavy (non-hydrogen) atoms. The molecule has 5 nitrogen and oxygen atoms in total. The largest absolute Gasteiger partial charge is 0.463 e. The molecule has 2 aromatic rings. The van der Waals surface area contributed by atoms with Gasteiger partial charge in [-0.05, 0) is 48.7 Å². The van der Waals surface area contributed by atoms with Gasteiger partial charge in [-0.3, -0.25) is 4.90 Å². The molecule has 1 atom stereocenters. The molecule has 0 saturated carbocycles. The van der Waals surface area contributed by atoms with Crippen molar-refractivity contribution in [1.82, 2.24) is 9.88 Å². The average molecular weight is 404 g/mol. The minimum absolute atomic E-state index is 0.209. The first-order chi connectivity index (χ1) is 13.5. The molecule has 0 spiro atoms. The van der Waals surface area contributed by atoms with Gasteiger partial charge in [0, 0.05) is 37.9 Å². The normalized spacial score (nSPS) is 17.2. The van der Waals surface area contributed by atoms with Crippen LogP contribution in [-0.4, -0.2) is 41.6 Å². The number of nitrogens with zero attached hydrogens (tertiary/aromatic N) is 2. The van der Waals surface area contributed by atoms with Crippen LogP contribution < -0.4 is 5.32 Å². The van der Waals surface area contributed by atoms with Crippen LogP contribution in [0.3, 0.4) is 0 Å². The van der Waals surface area contributed by atoms with Crippen LogP contribution in [0.2, 0.25) is 5.02 Å². The van der Waals surface area contributed by atoms with E-state index < -0.39 is 5.97 Å². The van der Waals surface area contributed by atoms with Gasteiger partial charge in [0.15, 0.2) is 0 Å². The van der Waals surface area contributed by atoms with Crippen molar-refractivity contribution in [2.75, 3.05) is 25.0 Å². The van der Waals surface area contributed by atoms with E-state index in [2.05, 4.69) is 15.2 Å². The van der Waals surface area contributed by atoms with E-state index in [0.29, 0.717) is 24.0 Å². The summed E-state index contributed by atoms with van der Waals surface area (Å²) < 4.78 is 18.2. The fourth-order valence-electron chi connectivity index (χ4n) is 3.19. The second-order valence-corrected chi connectivity index (χ2v) is 7.09. The van der Waals surface area contributed by atoms with Crippen LogP contribution in [-0.2, 0) is 16.1 Å². The van der Waals surface area contributed by atoms with Crippen LogP contribution in [0.4, 0.5) is 10.2 Å². The van der Waals surface area contributed by atoms with Gasteiger partial charge in [-0.25, -0.2) is 14.2 Å². The Morgan fingerprint density at radius 2 is 2.32 bits per heavy atom. The maximum Gasteiger partial charge on any atom is 0.330 e. The lowest BCUT2D eigenvalue weighted by Gasteiger charge is -2.17. The Morgan fingerprint density at radius 3 is 3.07 bits per heavy atom. The highest BCUT2D eigenvalue weighted by molar-refractivity contribution is 6.33. The van der Waals surface area contributed by atoms with Gasteiger partial charge in [-0.1, -0.05) is 23.7 Å². The highest BCUT2D eigenvalue weighted by atomic mass is 35.5. The van der Waals surface area contributed by atoms with Crippen LogP contribution in [0.25, 0.3) is 6.08 Å². The lowest BCUT2D eigenvalue weighted by molar-refractivity contribution is -0.137. The molecule has 1 N–H and O–H groups in total. The zero-order chi connectivity index (χ0) is 19.9. The number of ether oxygens (including phenoxy) is 1. The van der Waals surface area contributed by atoms with Gasteiger partial charge in [0.05, 0.1) is 11.6 Å². The zero-order valence-electron chi connectivity index (χ0n) is 15.7. The summed E-state index contributed by atoms with van der Waals surface area (Å²) in [5.41, 5.74) is 1.69. The smallest absolute Gasteiger partial charge is 0.330 e. The molecule has 2 heterocycles. The predicted molar refractivity (Wildman–Crippen MR) is 109 cm³/mol. The van der Waals surface area contributed by atoms with Gasteiger partial charge >= 0.3 is 5.97 Å². The minimum Gasteiger partial charge on any atom is -0.463 e.